The second kappa shape index (κ2) is 3.94. The first kappa shape index (κ1) is 10.6. The van der Waals surface area contributed by atoms with Crippen LogP contribution >= 0.6 is 0 Å². The Morgan fingerprint density at radius 1 is 1.67 bits per heavy atom. The summed E-state index contributed by atoms with van der Waals surface area (Å²) in [6, 6.07) is -0.117. The van der Waals surface area contributed by atoms with E-state index in [9.17, 15) is 8.42 Å². The molecule has 0 aromatic carbocycles. The Labute approximate surface area is 89.0 Å². The van der Waals surface area contributed by atoms with E-state index in [2.05, 4.69) is 9.97 Å². The fourth-order valence-electron chi connectivity index (χ4n) is 1.96. The molecule has 0 amide bonds. The van der Waals surface area contributed by atoms with Crippen LogP contribution in [-0.4, -0.2) is 35.9 Å². The van der Waals surface area contributed by atoms with E-state index < -0.39 is 9.84 Å². The van der Waals surface area contributed by atoms with Gasteiger partial charge in [0.2, 0.25) is 0 Å². The van der Waals surface area contributed by atoms with Crippen molar-refractivity contribution in [3.8, 4) is 0 Å². The van der Waals surface area contributed by atoms with Crippen molar-refractivity contribution < 1.29 is 8.42 Å². The number of nitrogens with two attached hydrogens (primary N) is 1. The highest BCUT2D eigenvalue weighted by atomic mass is 32.2. The summed E-state index contributed by atoms with van der Waals surface area (Å²) >= 11 is 0. The van der Waals surface area contributed by atoms with Gasteiger partial charge in [0, 0.05) is 24.9 Å². The smallest absolute Gasteiger partial charge is 0.150 e. The molecule has 15 heavy (non-hydrogen) atoms. The van der Waals surface area contributed by atoms with Crippen molar-refractivity contribution >= 4 is 9.84 Å². The normalized spacial score (nSPS) is 26.6. The third-order valence-corrected chi connectivity index (χ3v) is 4.65. The summed E-state index contributed by atoms with van der Waals surface area (Å²) in [6.07, 6.45) is 4.72. The molecule has 1 saturated heterocycles. The summed E-state index contributed by atoms with van der Waals surface area (Å²) < 4.78 is 22.5. The van der Waals surface area contributed by atoms with Gasteiger partial charge in [-0.3, -0.25) is 0 Å². The number of imidazole rings is 1. The zero-order valence-corrected chi connectivity index (χ0v) is 9.20. The molecule has 1 aliphatic heterocycles. The molecule has 2 heterocycles. The zero-order chi connectivity index (χ0) is 10.9. The van der Waals surface area contributed by atoms with Crippen molar-refractivity contribution in [3.05, 3.63) is 18.2 Å². The van der Waals surface area contributed by atoms with Gasteiger partial charge in [0.15, 0.2) is 9.84 Å². The molecule has 0 bridgehead atoms. The van der Waals surface area contributed by atoms with E-state index in [4.69, 9.17) is 5.73 Å². The van der Waals surface area contributed by atoms with Crippen LogP contribution in [-0.2, 0) is 16.3 Å². The third-order valence-electron chi connectivity index (χ3n) is 2.86. The van der Waals surface area contributed by atoms with Gasteiger partial charge < -0.3 is 10.7 Å². The van der Waals surface area contributed by atoms with Crippen LogP contribution in [0.5, 0.6) is 0 Å². The quantitative estimate of drug-likeness (QED) is 0.745. The predicted octanol–water partition coefficient (Wildman–Crippen LogP) is -0.286. The van der Waals surface area contributed by atoms with Crippen LogP contribution in [0.25, 0.3) is 0 Å². The van der Waals surface area contributed by atoms with Crippen molar-refractivity contribution in [2.24, 2.45) is 11.7 Å². The average Bonchev–Trinajstić information content (AvgIpc) is 2.74. The molecule has 1 aliphatic rings. The number of aromatic amines is 1. The SMILES string of the molecule is NC(Cc1ncc[nH]1)C1CCS(=O)(=O)C1. The maximum Gasteiger partial charge on any atom is 0.150 e. The van der Waals surface area contributed by atoms with Crippen LogP contribution in [0.15, 0.2) is 12.4 Å². The number of hydrogen-bond donors (Lipinski definition) is 2. The second-order valence-corrected chi connectivity index (χ2v) is 6.30. The molecule has 5 nitrogen and oxygen atoms in total. The zero-order valence-electron chi connectivity index (χ0n) is 8.39. The van der Waals surface area contributed by atoms with E-state index in [1.807, 2.05) is 0 Å². The lowest BCUT2D eigenvalue weighted by molar-refractivity contribution is 0.455. The molecule has 1 aromatic rings. The summed E-state index contributed by atoms with van der Waals surface area (Å²) in [4.78, 5) is 7.05. The molecule has 0 spiro atoms. The number of hydrogen-bond acceptors (Lipinski definition) is 4. The highest BCUT2D eigenvalue weighted by molar-refractivity contribution is 7.91. The Bertz CT molecular complexity index is 413. The van der Waals surface area contributed by atoms with Crippen molar-refractivity contribution in [2.75, 3.05) is 11.5 Å². The molecule has 6 heteroatoms. The molecule has 2 unspecified atom stereocenters. The van der Waals surface area contributed by atoms with Gasteiger partial charge in [-0.15, -0.1) is 0 Å². The van der Waals surface area contributed by atoms with Gasteiger partial charge >= 0.3 is 0 Å². The molecule has 1 aromatic heterocycles. The van der Waals surface area contributed by atoms with Crippen molar-refractivity contribution in [1.29, 1.82) is 0 Å². The summed E-state index contributed by atoms with van der Waals surface area (Å²) in [5.41, 5.74) is 5.97. The Morgan fingerprint density at radius 2 is 2.47 bits per heavy atom. The van der Waals surface area contributed by atoms with Crippen LogP contribution in [0, 0.1) is 5.92 Å². The van der Waals surface area contributed by atoms with E-state index >= 15 is 0 Å². The summed E-state index contributed by atoms with van der Waals surface area (Å²) in [5, 5.41) is 0. The number of nitrogens with one attached hydrogen (secondary N) is 1. The van der Waals surface area contributed by atoms with Gasteiger partial charge in [-0.1, -0.05) is 0 Å². The number of nitrogens with zero attached hydrogens (tertiary/aromatic N) is 1. The van der Waals surface area contributed by atoms with Crippen molar-refractivity contribution in [1.82, 2.24) is 9.97 Å². The monoisotopic (exact) mass is 229 g/mol. The van der Waals surface area contributed by atoms with Crippen LogP contribution in [0.4, 0.5) is 0 Å². The molecule has 1 fully saturated rings. The summed E-state index contributed by atoms with van der Waals surface area (Å²) in [6.45, 7) is 0. The largest absolute Gasteiger partial charge is 0.349 e. The first-order valence-corrected chi connectivity index (χ1v) is 6.83. The lowest BCUT2D eigenvalue weighted by Crippen LogP contribution is -2.33. The topological polar surface area (TPSA) is 88.8 Å². The number of aromatic nitrogens is 2. The van der Waals surface area contributed by atoms with E-state index in [0.717, 1.165) is 5.82 Å². The maximum absolute atomic E-state index is 11.3. The minimum atomic E-state index is -2.83. The first-order chi connectivity index (χ1) is 7.07. The summed E-state index contributed by atoms with van der Waals surface area (Å²) in [5.74, 6) is 1.42. The van der Waals surface area contributed by atoms with Gasteiger partial charge in [-0.2, -0.15) is 0 Å². The summed E-state index contributed by atoms with van der Waals surface area (Å²) in [7, 11) is -2.83. The molecule has 0 saturated carbocycles. The van der Waals surface area contributed by atoms with Gasteiger partial charge in [0.1, 0.15) is 5.82 Å². The fraction of sp³-hybridized carbons (Fsp3) is 0.667. The Morgan fingerprint density at radius 3 is 3.00 bits per heavy atom. The molecule has 0 radical (unpaired) electrons. The second-order valence-electron chi connectivity index (χ2n) is 4.07. The predicted molar refractivity (Wildman–Crippen MR) is 57.0 cm³/mol. The molecule has 0 aliphatic carbocycles. The molecular formula is C9H15N3O2S. The van der Waals surface area contributed by atoms with Crippen molar-refractivity contribution in [3.63, 3.8) is 0 Å². The number of rotatable bonds is 3. The lowest BCUT2D eigenvalue weighted by atomic mass is 9.97. The average molecular weight is 229 g/mol. The van der Waals surface area contributed by atoms with Gasteiger partial charge in [0.05, 0.1) is 11.5 Å². The van der Waals surface area contributed by atoms with Crippen LogP contribution in [0.3, 0.4) is 0 Å². The van der Waals surface area contributed by atoms with E-state index in [1.165, 1.54) is 0 Å². The standard InChI is InChI=1S/C9H15N3O2S/c10-8(5-9-11-2-3-12-9)7-1-4-15(13,14)6-7/h2-3,7-8H,1,4-6,10H2,(H,11,12). The molecule has 2 atom stereocenters. The van der Waals surface area contributed by atoms with E-state index in [0.29, 0.717) is 12.8 Å². The number of H-pyrrole nitrogens is 1. The Kier molecular flexibility index (Phi) is 2.79. The highest BCUT2D eigenvalue weighted by Crippen LogP contribution is 2.22. The Balaban J connectivity index is 1.95. The third kappa shape index (κ3) is 2.57. The molecule has 2 rings (SSSR count). The van der Waals surface area contributed by atoms with Crippen LogP contribution in [0.1, 0.15) is 12.2 Å². The fourth-order valence-corrected chi connectivity index (χ4v) is 3.86. The minimum Gasteiger partial charge on any atom is -0.349 e. The molecule has 3 N–H and O–H groups in total. The Hall–Kier alpha value is -0.880. The van der Waals surface area contributed by atoms with Crippen LogP contribution < -0.4 is 5.73 Å². The first-order valence-electron chi connectivity index (χ1n) is 5.01. The lowest BCUT2D eigenvalue weighted by Gasteiger charge is -2.15. The highest BCUT2D eigenvalue weighted by Gasteiger charge is 2.32. The van der Waals surface area contributed by atoms with E-state index in [-0.39, 0.29) is 23.5 Å². The number of sulfone groups is 1. The minimum absolute atomic E-state index is 0.0834. The van der Waals surface area contributed by atoms with Gasteiger partial charge in [-0.25, -0.2) is 13.4 Å². The van der Waals surface area contributed by atoms with Gasteiger partial charge in [0.25, 0.3) is 0 Å². The van der Waals surface area contributed by atoms with Crippen molar-refractivity contribution in [2.45, 2.75) is 18.9 Å². The molecule has 84 valence electrons. The molecular weight excluding hydrogens is 214 g/mol. The van der Waals surface area contributed by atoms with Gasteiger partial charge in [-0.05, 0) is 12.3 Å². The van der Waals surface area contributed by atoms with Crippen LogP contribution in [0.2, 0.25) is 0 Å². The van der Waals surface area contributed by atoms with E-state index in [1.54, 1.807) is 12.4 Å². The maximum atomic E-state index is 11.3.